The van der Waals surface area contributed by atoms with Gasteiger partial charge in [-0.3, -0.25) is 0 Å². The molecule has 3 aromatic heterocycles. The quantitative estimate of drug-likeness (QED) is 0.221. The summed E-state index contributed by atoms with van der Waals surface area (Å²) < 4.78 is 12.9. The molecular formula is C25H26N8O3. The van der Waals surface area contributed by atoms with Crippen LogP contribution in [-0.2, 0) is 6.54 Å². The molecule has 7 N–H and O–H groups in total. The van der Waals surface area contributed by atoms with Gasteiger partial charge in [0.25, 0.3) is 0 Å². The van der Waals surface area contributed by atoms with Gasteiger partial charge >= 0.3 is 0 Å². The third kappa shape index (κ3) is 5.39. The number of nitrogen functional groups attached to an aromatic ring is 1. The van der Waals surface area contributed by atoms with Gasteiger partial charge in [0.15, 0.2) is 17.3 Å². The van der Waals surface area contributed by atoms with Crippen LogP contribution in [0.4, 0.5) is 5.82 Å². The van der Waals surface area contributed by atoms with E-state index >= 15 is 0 Å². The fourth-order valence-electron chi connectivity index (χ4n) is 3.52. The van der Waals surface area contributed by atoms with Crippen molar-refractivity contribution in [3.63, 3.8) is 0 Å². The number of nitrogens with two attached hydrogens (primary N) is 3. The van der Waals surface area contributed by atoms with Crippen molar-refractivity contribution >= 4 is 16.9 Å². The highest BCUT2D eigenvalue weighted by Gasteiger charge is 2.23. The van der Waals surface area contributed by atoms with E-state index in [1.54, 1.807) is 19.9 Å². The van der Waals surface area contributed by atoms with Gasteiger partial charge in [0.1, 0.15) is 22.9 Å². The van der Waals surface area contributed by atoms with Gasteiger partial charge in [0.2, 0.25) is 5.88 Å². The lowest BCUT2D eigenvalue weighted by molar-refractivity contribution is 0.143. The molecule has 0 radical (unpaired) electrons. The Morgan fingerprint density at radius 1 is 1.19 bits per heavy atom. The third-order valence-corrected chi connectivity index (χ3v) is 5.14. The van der Waals surface area contributed by atoms with Gasteiger partial charge in [-0.1, -0.05) is 42.2 Å². The van der Waals surface area contributed by atoms with Gasteiger partial charge in [-0.05, 0) is 35.6 Å². The zero-order valence-electron chi connectivity index (χ0n) is 19.9. The molecule has 11 heteroatoms. The Hall–Kier alpha value is -4.58. The first-order valence-electron chi connectivity index (χ1n) is 11.2. The Morgan fingerprint density at radius 3 is 2.61 bits per heavy atom. The Bertz CT molecular complexity index is 1480. The van der Waals surface area contributed by atoms with E-state index < -0.39 is 11.7 Å². The number of imidazole rings is 1. The highest BCUT2D eigenvalue weighted by molar-refractivity contribution is 5.86. The molecule has 36 heavy (non-hydrogen) atoms. The Balaban J connectivity index is 1.92. The standard InChI is InChI=1S/C25H26N8O3/c1-25(2,34)11-10-17-21-18(14-20(29-17)35-19(15-27)16-8-4-3-5-9-16)33(13-7-6-12-26)24(30-21)22-23(28)32-36-31-22/h3-5,8-9,14,19,34H,7,13,15,26-27H2,1-2H3,(H2,28,32)/t19-/m1/s1. The summed E-state index contributed by atoms with van der Waals surface area (Å²) in [5, 5.41) is 17.8. The maximum absolute atomic E-state index is 10.2. The van der Waals surface area contributed by atoms with Crippen LogP contribution >= 0.6 is 0 Å². The van der Waals surface area contributed by atoms with Crippen LogP contribution in [-0.4, -0.2) is 42.1 Å². The molecule has 0 amide bonds. The molecule has 1 aromatic carbocycles. The van der Waals surface area contributed by atoms with Crippen molar-refractivity contribution in [2.75, 3.05) is 12.3 Å². The molecular weight excluding hydrogens is 460 g/mol. The van der Waals surface area contributed by atoms with Gasteiger partial charge < -0.3 is 31.6 Å². The summed E-state index contributed by atoms with van der Waals surface area (Å²) >= 11 is 0. The molecule has 1 atom stereocenters. The van der Waals surface area contributed by atoms with Gasteiger partial charge in [0.05, 0.1) is 5.52 Å². The van der Waals surface area contributed by atoms with Crippen molar-refractivity contribution in [3.05, 3.63) is 47.7 Å². The first kappa shape index (κ1) is 24.5. The van der Waals surface area contributed by atoms with Crippen LogP contribution in [0.25, 0.3) is 22.6 Å². The average molecular weight is 487 g/mol. The number of benzene rings is 1. The van der Waals surface area contributed by atoms with Crippen LogP contribution in [0, 0.1) is 23.8 Å². The molecule has 4 rings (SSSR count). The van der Waals surface area contributed by atoms with Crippen LogP contribution in [0.2, 0.25) is 0 Å². The van der Waals surface area contributed by atoms with Crippen LogP contribution in [0.5, 0.6) is 5.88 Å². The van der Waals surface area contributed by atoms with E-state index in [0.717, 1.165) is 5.56 Å². The number of aryl methyl sites for hydroxylation is 1. The summed E-state index contributed by atoms with van der Waals surface area (Å²) in [6.07, 6.45) is -0.0146. The Morgan fingerprint density at radius 2 is 1.97 bits per heavy atom. The lowest BCUT2D eigenvalue weighted by atomic mass is 10.1. The number of fused-ring (bicyclic) bond motifs is 1. The highest BCUT2D eigenvalue weighted by atomic mass is 16.6. The Kier molecular flexibility index (Phi) is 7.06. The molecule has 184 valence electrons. The van der Waals surface area contributed by atoms with Crippen LogP contribution in [0.1, 0.15) is 37.6 Å². The summed E-state index contributed by atoms with van der Waals surface area (Å²) in [6.45, 7) is 3.79. The summed E-state index contributed by atoms with van der Waals surface area (Å²) in [7, 11) is 0. The van der Waals surface area contributed by atoms with E-state index in [-0.39, 0.29) is 23.9 Å². The van der Waals surface area contributed by atoms with Crippen LogP contribution in [0.3, 0.4) is 0 Å². The molecule has 0 fully saturated rings. The molecule has 3 heterocycles. The zero-order valence-corrected chi connectivity index (χ0v) is 19.9. The number of hydrogen-bond donors (Lipinski definition) is 4. The summed E-state index contributed by atoms with van der Waals surface area (Å²) in [6, 6.07) is 13.7. The smallest absolute Gasteiger partial charge is 0.217 e. The maximum atomic E-state index is 10.2. The van der Waals surface area contributed by atoms with E-state index in [1.165, 1.54) is 0 Å². The SMILES string of the molecule is CC(C)(O)C#Cc1nc(O[C@H](CN)c2ccccc2)cc2c1nc(-c1nonc1N)n2CCC#CN. The van der Waals surface area contributed by atoms with E-state index in [2.05, 4.69) is 39.1 Å². The molecule has 0 aliphatic rings. The lowest BCUT2D eigenvalue weighted by Gasteiger charge is -2.17. The van der Waals surface area contributed by atoms with Gasteiger partial charge in [-0.25, -0.2) is 14.6 Å². The largest absolute Gasteiger partial charge is 0.468 e. The molecule has 0 bridgehead atoms. The molecule has 11 nitrogen and oxygen atoms in total. The van der Waals surface area contributed by atoms with E-state index in [9.17, 15) is 5.11 Å². The maximum Gasteiger partial charge on any atom is 0.217 e. The molecule has 4 aromatic rings. The van der Waals surface area contributed by atoms with Crippen molar-refractivity contribution in [3.8, 4) is 41.2 Å². The van der Waals surface area contributed by atoms with Gasteiger partial charge in [-0.15, -0.1) is 0 Å². The number of ether oxygens (including phenoxy) is 1. The number of pyridine rings is 1. The summed E-state index contributed by atoms with van der Waals surface area (Å²) in [4.78, 5) is 9.30. The summed E-state index contributed by atoms with van der Waals surface area (Å²) in [5.74, 6) is 9.32. The Labute approximate surface area is 207 Å². The predicted octanol–water partition coefficient (Wildman–Crippen LogP) is 1.57. The fourth-order valence-corrected chi connectivity index (χ4v) is 3.52. The number of nitrogens with zero attached hydrogens (tertiary/aromatic N) is 5. The van der Waals surface area contributed by atoms with Crippen molar-refractivity contribution in [1.29, 1.82) is 0 Å². The second-order valence-corrected chi connectivity index (χ2v) is 8.39. The third-order valence-electron chi connectivity index (χ3n) is 5.14. The van der Waals surface area contributed by atoms with Crippen molar-refractivity contribution in [1.82, 2.24) is 24.8 Å². The number of aromatic nitrogens is 5. The molecule has 0 spiro atoms. The minimum atomic E-state index is -1.25. The second kappa shape index (κ2) is 10.4. The summed E-state index contributed by atoms with van der Waals surface area (Å²) in [5.41, 5.74) is 18.7. The van der Waals surface area contributed by atoms with E-state index in [0.29, 0.717) is 35.5 Å². The normalized spacial score (nSPS) is 11.9. The highest BCUT2D eigenvalue weighted by Crippen LogP contribution is 2.31. The topological polar surface area (TPSA) is 177 Å². The minimum absolute atomic E-state index is 0.0808. The molecule has 0 saturated carbocycles. The number of anilines is 1. The van der Waals surface area contributed by atoms with Crippen LogP contribution in [0.15, 0.2) is 41.0 Å². The van der Waals surface area contributed by atoms with E-state index in [4.69, 9.17) is 31.6 Å². The van der Waals surface area contributed by atoms with Gasteiger partial charge in [0, 0.05) is 31.6 Å². The predicted molar refractivity (Wildman–Crippen MR) is 134 cm³/mol. The minimum Gasteiger partial charge on any atom is -0.468 e. The van der Waals surface area contributed by atoms with Gasteiger partial charge in [-0.2, -0.15) is 0 Å². The fraction of sp³-hybridized carbons (Fsp3) is 0.280. The second-order valence-electron chi connectivity index (χ2n) is 8.39. The first-order chi connectivity index (χ1) is 17.3. The van der Waals surface area contributed by atoms with E-state index in [1.807, 2.05) is 34.9 Å². The number of aliphatic hydroxyl groups is 1. The molecule has 0 saturated heterocycles. The lowest BCUT2D eigenvalue weighted by Crippen LogP contribution is -2.19. The van der Waals surface area contributed by atoms with Crippen molar-refractivity contribution in [2.45, 2.75) is 38.5 Å². The van der Waals surface area contributed by atoms with Crippen molar-refractivity contribution in [2.24, 2.45) is 11.5 Å². The number of hydrogen-bond acceptors (Lipinski definition) is 10. The van der Waals surface area contributed by atoms with Crippen LogP contribution < -0.4 is 21.9 Å². The molecule has 0 unspecified atom stereocenters. The zero-order chi connectivity index (χ0) is 25.7. The monoisotopic (exact) mass is 486 g/mol. The number of rotatable bonds is 7. The van der Waals surface area contributed by atoms with Crippen molar-refractivity contribution < 1.29 is 14.5 Å². The average Bonchev–Trinajstić information content (AvgIpc) is 3.44. The molecule has 0 aliphatic heterocycles. The molecule has 0 aliphatic carbocycles. The first-order valence-corrected chi connectivity index (χ1v) is 11.2.